The fourth-order valence-corrected chi connectivity index (χ4v) is 6.83. The Morgan fingerprint density at radius 3 is 2.38 bits per heavy atom. The highest BCUT2D eigenvalue weighted by atomic mass is 32.2. The average molecular weight is 587 g/mol. The lowest BCUT2D eigenvalue weighted by atomic mass is 10.1. The Hall–Kier alpha value is -4.35. The summed E-state index contributed by atoms with van der Waals surface area (Å²) in [6.45, 7) is 4.57. The van der Waals surface area contributed by atoms with Crippen molar-refractivity contribution in [1.82, 2.24) is 23.4 Å². The molecule has 216 valence electrons. The standard InChI is InChI=1S/C31H31FN6O3S/c1-21(2)37-20-29(38(31(37)39)26-10-8-24(32)9-11-26)28-13-16-33-30(35-28)34-25-14-17-36(18-15-25)42(40,41)27-12-7-22-5-3-4-6-23(22)19-27/h3-13,16,19-21,25H,14-15,17-18H2,1-2H3,(H,33,34,35). The molecule has 0 aliphatic carbocycles. The number of fused-ring (bicyclic) bond motifs is 1. The lowest BCUT2D eigenvalue weighted by Crippen LogP contribution is -2.42. The third kappa shape index (κ3) is 5.33. The highest BCUT2D eigenvalue weighted by Gasteiger charge is 2.30. The lowest BCUT2D eigenvalue weighted by Gasteiger charge is -2.31. The van der Waals surface area contributed by atoms with Crippen molar-refractivity contribution >= 4 is 26.7 Å². The molecule has 0 spiro atoms. The summed E-state index contributed by atoms with van der Waals surface area (Å²) in [6, 6.07) is 20.3. The maximum absolute atomic E-state index is 13.6. The summed E-state index contributed by atoms with van der Waals surface area (Å²) in [5.74, 6) is 0.0000118. The number of piperidine rings is 1. The van der Waals surface area contributed by atoms with Crippen molar-refractivity contribution in [2.24, 2.45) is 0 Å². The van der Waals surface area contributed by atoms with Crippen molar-refractivity contribution in [1.29, 1.82) is 0 Å². The Bertz CT molecular complexity index is 1910. The zero-order chi connectivity index (χ0) is 29.4. The number of imidazole rings is 1. The molecule has 6 rings (SSSR count). The van der Waals surface area contributed by atoms with Crippen molar-refractivity contribution in [2.45, 2.75) is 43.7 Å². The molecular formula is C31H31FN6O3S. The Morgan fingerprint density at radius 2 is 1.67 bits per heavy atom. The molecule has 1 N–H and O–H groups in total. The zero-order valence-electron chi connectivity index (χ0n) is 23.3. The molecule has 2 aromatic heterocycles. The van der Waals surface area contributed by atoms with Crippen LogP contribution in [0.3, 0.4) is 0 Å². The van der Waals surface area contributed by atoms with E-state index in [-0.39, 0.29) is 23.6 Å². The highest BCUT2D eigenvalue weighted by Crippen LogP contribution is 2.26. The molecule has 0 unspecified atom stereocenters. The maximum atomic E-state index is 13.6. The number of rotatable bonds is 7. The third-order valence-electron chi connectivity index (χ3n) is 7.62. The van der Waals surface area contributed by atoms with Gasteiger partial charge < -0.3 is 5.32 Å². The van der Waals surface area contributed by atoms with Crippen LogP contribution in [0.25, 0.3) is 27.8 Å². The quantitative estimate of drug-likeness (QED) is 0.280. The first kappa shape index (κ1) is 27.8. The molecular weight excluding hydrogens is 555 g/mol. The van der Waals surface area contributed by atoms with Crippen LogP contribution in [-0.2, 0) is 10.0 Å². The maximum Gasteiger partial charge on any atom is 0.333 e. The largest absolute Gasteiger partial charge is 0.351 e. The van der Waals surface area contributed by atoms with Crippen LogP contribution in [0.15, 0.2) is 94.9 Å². The Morgan fingerprint density at radius 1 is 0.952 bits per heavy atom. The Kier molecular flexibility index (Phi) is 7.38. The molecule has 5 aromatic rings. The highest BCUT2D eigenvalue weighted by molar-refractivity contribution is 7.89. The Labute approximate surface area is 243 Å². The minimum Gasteiger partial charge on any atom is -0.351 e. The summed E-state index contributed by atoms with van der Waals surface area (Å²) >= 11 is 0. The summed E-state index contributed by atoms with van der Waals surface area (Å²) in [7, 11) is -3.62. The van der Waals surface area contributed by atoms with Crippen LogP contribution in [0.2, 0.25) is 0 Å². The third-order valence-corrected chi connectivity index (χ3v) is 9.51. The van der Waals surface area contributed by atoms with Crippen molar-refractivity contribution in [3.63, 3.8) is 0 Å². The first-order chi connectivity index (χ1) is 20.2. The summed E-state index contributed by atoms with van der Waals surface area (Å²) < 4.78 is 45.0. The van der Waals surface area contributed by atoms with Gasteiger partial charge in [0.05, 0.1) is 22.0 Å². The second-order valence-corrected chi connectivity index (χ2v) is 12.6. The molecule has 1 aliphatic rings. The van der Waals surface area contributed by atoms with Crippen LogP contribution in [0.5, 0.6) is 0 Å². The number of hydrogen-bond donors (Lipinski definition) is 1. The summed E-state index contributed by atoms with van der Waals surface area (Å²) in [5.41, 5.74) is 1.37. The van der Waals surface area contributed by atoms with Gasteiger partial charge in [0.1, 0.15) is 5.82 Å². The van der Waals surface area contributed by atoms with E-state index < -0.39 is 10.0 Å². The number of benzene rings is 3. The number of anilines is 1. The van der Waals surface area contributed by atoms with Gasteiger partial charge in [0.15, 0.2) is 0 Å². The van der Waals surface area contributed by atoms with Gasteiger partial charge in [-0.15, -0.1) is 0 Å². The fraction of sp³-hybridized carbons (Fsp3) is 0.258. The smallest absolute Gasteiger partial charge is 0.333 e. The second kappa shape index (κ2) is 11.1. The van der Waals surface area contributed by atoms with Gasteiger partial charge in [-0.1, -0.05) is 30.3 Å². The fourth-order valence-electron chi connectivity index (χ4n) is 5.32. The number of nitrogens with one attached hydrogen (secondary N) is 1. The first-order valence-corrected chi connectivity index (χ1v) is 15.3. The number of halogens is 1. The normalized spacial score (nSPS) is 15.0. The molecule has 0 bridgehead atoms. The topological polar surface area (TPSA) is 102 Å². The molecule has 1 saturated heterocycles. The summed E-state index contributed by atoms with van der Waals surface area (Å²) in [5, 5.41) is 5.24. The van der Waals surface area contributed by atoms with E-state index in [1.54, 1.807) is 47.3 Å². The second-order valence-electron chi connectivity index (χ2n) is 10.7. The van der Waals surface area contributed by atoms with Gasteiger partial charge in [0.25, 0.3) is 0 Å². The molecule has 1 fully saturated rings. The van der Waals surface area contributed by atoms with E-state index in [2.05, 4.69) is 10.3 Å². The van der Waals surface area contributed by atoms with E-state index >= 15 is 0 Å². The van der Waals surface area contributed by atoms with Gasteiger partial charge in [-0.3, -0.25) is 9.13 Å². The lowest BCUT2D eigenvalue weighted by molar-refractivity contribution is 0.329. The molecule has 0 saturated carbocycles. The minimum atomic E-state index is -3.62. The number of hydrogen-bond acceptors (Lipinski definition) is 6. The molecule has 0 amide bonds. The molecule has 11 heteroatoms. The summed E-state index contributed by atoms with van der Waals surface area (Å²) in [6.07, 6.45) is 4.55. The first-order valence-electron chi connectivity index (χ1n) is 13.9. The molecule has 42 heavy (non-hydrogen) atoms. The van der Waals surface area contributed by atoms with Crippen LogP contribution in [0.1, 0.15) is 32.7 Å². The number of nitrogens with zero attached hydrogens (tertiary/aromatic N) is 5. The van der Waals surface area contributed by atoms with Gasteiger partial charge in [0, 0.05) is 37.6 Å². The van der Waals surface area contributed by atoms with Crippen molar-refractivity contribution in [3.05, 3.63) is 101 Å². The van der Waals surface area contributed by atoms with Gasteiger partial charge in [-0.25, -0.2) is 27.6 Å². The van der Waals surface area contributed by atoms with Crippen LogP contribution in [0, 0.1) is 5.82 Å². The van der Waals surface area contributed by atoms with E-state index in [4.69, 9.17) is 4.98 Å². The van der Waals surface area contributed by atoms with Gasteiger partial charge in [-0.05, 0) is 79.9 Å². The minimum absolute atomic E-state index is 0.0251. The molecule has 9 nitrogen and oxygen atoms in total. The van der Waals surface area contributed by atoms with E-state index in [1.807, 2.05) is 44.2 Å². The predicted molar refractivity (Wildman–Crippen MR) is 161 cm³/mol. The van der Waals surface area contributed by atoms with Crippen LogP contribution in [0.4, 0.5) is 10.3 Å². The molecule has 1 aliphatic heterocycles. The van der Waals surface area contributed by atoms with Crippen LogP contribution < -0.4 is 11.0 Å². The molecule has 0 atom stereocenters. The van der Waals surface area contributed by atoms with E-state index in [9.17, 15) is 17.6 Å². The van der Waals surface area contributed by atoms with Crippen molar-refractivity contribution in [3.8, 4) is 17.1 Å². The van der Waals surface area contributed by atoms with Crippen LogP contribution in [-0.4, -0.2) is 51.0 Å². The SMILES string of the molecule is CC(C)n1cc(-c2ccnc(NC3CCN(S(=O)(=O)c4ccc5ccccc5c4)CC3)n2)n(-c2ccc(F)cc2)c1=O. The van der Waals surface area contributed by atoms with Gasteiger partial charge in [0.2, 0.25) is 16.0 Å². The monoisotopic (exact) mass is 586 g/mol. The van der Waals surface area contributed by atoms with E-state index in [0.29, 0.717) is 53.9 Å². The van der Waals surface area contributed by atoms with E-state index in [1.165, 1.54) is 21.0 Å². The molecule has 3 heterocycles. The zero-order valence-corrected chi connectivity index (χ0v) is 24.1. The molecule has 3 aromatic carbocycles. The van der Waals surface area contributed by atoms with Crippen molar-refractivity contribution < 1.29 is 12.8 Å². The van der Waals surface area contributed by atoms with Crippen LogP contribution >= 0.6 is 0 Å². The van der Waals surface area contributed by atoms with Gasteiger partial charge in [-0.2, -0.15) is 4.31 Å². The summed E-state index contributed by atoms with van der Waals surface area (Å²) in [4.78, 5) is 22.7. The van der Waals surface area contributed by atoms with Gasteiger partial charge >= 0.3 is 5.69 Å². The molecule has 0 radical (unpaired) electrons. The predicted octanol–water partition coefficient (Wildman–Crippen LogP) is 5.23. The van der Waals surface area contributed by atoms with E-state index in [0.717, 1.165) is 10.8 Å². The van der Waals surface area contributed by atoms with Crippen molar-refractivity contribution in [2.75, 3.05) is 18.4 Å². The number of aromatic nitrogens is 4. The average Bonchev–Trinajstić information content (AvgIpc) is 3.35. The number of sulfonamides is 1. The Balaban J connectivity index is 1.20.